The van der Waals surface area contributed by atoms with Gasteiger partial charge in [0.2, 0.25) is 0 Å². The van der Waals surface area contributed by atoms with E-state index in [1.54, 1.807) is 7.11 Å². The van der Waals surface area contributed by atoms with Crippen molar-refractivity contribution >= 4 is 0 Å². The van der Waals surface area contributed by atoms with Crippen molar-refractivity contribution in [3.8, 4) is 5.75 Å². The van der Waals surface area contributed by atoms with Crippen LogP contribution in [0.4, 0.5) is 0 Å². The van der Waals surface area contributed by atoms with E-state index in [4.69, 9.17) is 4.74 Å². The molecule has 0 aliphatic heterocycles. The van der Waals surface area contributed by atoms with Crippen molar-refractivity contribution in [2.45, 2.75) is 56.7 Å². The number of rotatable bonds is 5. The molecule has 0 amide bonds. The molecule has 1 aromatic carbocycles. The summed E-state index contributed by atoms with van der Waals surface area (Å²) in [6.45, 7) is 0. The Hall–Kier alpha value is -1.06. The molecule has 1 saturated carbocycles. The first kappa shape index (κ1) is 14.4. The van der Waals surface area contributed by atoms with Crippen LogP contribution in [0.25, 0.3) is 0 Å². The van der Waals surface area contributed by atoms with Gasteiger partial charge in [-0.2, -0.15) is 0 Å². The number of aliphatic hydroxyl groups is 2. The summed E-state index contributed by atoms with van der Waals surface area (Å²) in [5, 5.41) is 20.7. The van der Waals surface area contributed by atoms with Crippen LogP contribution in [0, 0.1) is 0 Å². The van der Waals surface area contributed by atoms with Gasteiger partial charge in [-0.15, -0.1) is 0 Å². The zero-order valence-electron chi connectivity index (χ0n) is 11.6. The number of hydrogen-bond donors (Lipinski definition) is 2. The molecule has 0 saturated heterocycles. The lowest BCUT2D eigenvalue weighted by Crippen LogP contribution is -2.44. The van der Waals surface area contributed by atoms with E-state index in [0.717, 1.165) is 37.9 Å². The maximum absolute atomic E-state index is 10.4. The average Bonchev–Trinajstić information content (AvgIpc) is 2.46. The normalized spacial score (nSPS) is 19.9. The van der Waals surface area contributed by atoms with E-state index in [1.807, 2.05) is 24.3 Å². The Balaban J connectivity index is 1.86. The minimum Gasteiger partial charge on any atom is -0.497 e. The van der Waals surface area contributed by atoms with Crippen LogP contribution < -0.4 is 4.74 Å². The molecule has 2 N–H and O–H groups in total. The van der Waals surface area contributed by atoms with Crippen LogP contribution in [0.3, 0.4) is 0 Å². The summed E-state index contributed by atoms with van der Waals surface area (Å²) in [6, 6.07) is 7.88. The Kier molecular flexibility index (Phi) is 4.83. The Morgan fingerprint density at radius 3 is 2.37 bits per heavy atom. The molecule has 0 heterocycles. The molecule has 106 valence electrons. The maximum atomic E-state index is 10.4. The molecule has 0 aromatic heterocycles. The zero-order valence-corrected chi connectivity index (χ0v) is 11.6. The molecule has 2 rings (SSSR count). The minimum absolute atomic E-state index is 0.614. The molecule has 0 spiro atoms. The highest BCUT2D eigenvalue weighted by molar-refractivity contribution is 5.27. The Morgan fingerprint density at radius 2 is 1.79 bits per heavy atom. The number of ether oxygens (including phenoxy) is 1. The van der Waals surface area contributed by atoms with Gasteiger partial charge in [0.05, 0.1) is 18.8 Å². The topological polar surface area (TPSA) is 49.7 Å². The van der Waals surface area contributed by atoms with Crippen molar-refractivity contribution in [1.82, 2.24) is 0 Å². The Morgan fingerprint density at radius 1 is 1.16 bits per heavy atom. The second kappa shape index (κ2) is 6.40. The molecule has 1 aliphatic carbocycles. The van der Waals surface area contributed by atoms with E-state index in [2.05, 4.69) is 0 Å². The fourth-order valence-electron chi connectivity index (χ4n) is 2.86. The van der Waals surface area contributed by atoms with E-state index >= 15 is 0 Å². The first-order chi connectivity index (χ1) is 9.14. The van der Waals surface area contributed by atoms with Crippen LogP contribution in [0.5, 0.6) is 5.75 Å². The summed E-state index contributed by atoms with van der Waals surface area (Å²) < 4.78 is 5.12. The molecule has 1 aliphatic rings. The van der Waals surface area contributed by atoms with E-state index in [1.165, 1.54) is 12.0 Å². The predicted molar refractivity (Wildman–Crippen MR) is 75.4 cm³/mol. The van der Waals surface area contributed by atoms with Crippen LogP contribution in [0.15, 0.2) is 24.3 Å². The maximum Gasteiger partial charge on any atom is 0.118 e. The smallest absolute Gasteiger partial charge is 0.118 e. The molecular weight excluding hydrogens is 240 g/mol. The van der Waals surface area contributed by atoms with Crippen LogP contribution in [0.1, 0.15) is 44.1 Å². The van der Waals surface area contributed by atoms with Crippen LogP contribution in [-0.4, -0.2) is 29.0 Å². The molecule has 1 aromatic rings. The summed E-state index contributed by atoms with van der Waals surface area (Å²) in [4.78, 5) is 0. The number of benzene rings is 1. The third-order valence-corrected chi connectivity index (χ3v) is 4.21. The van der Waals surface area contributed by atoms with Gasteiger partial charge < -0.3 is 14.9 Å². The minimum atomic E-state index is -0.856. The summed E-state index contributed by atoms with van der Waals surface area (Å²) in [5.41, 5.74) is 0.310. The van der Waals surface area contributed by atoms with Crippen LogP contribution in [0.2, 0.25) is 0 Å². The number of aryl methyl sites for hydroxylation is 1. The van der Waals surface area contributed by atoms with Gasteiger partial charge in [-0.25, -0.2) is 0 Å². The van der Waals surface area contributed by atoms with Gasteiger partial charge in [-0.05, 0) is 43.4 Å². The zero-order chi connectivity index (χ0) is 13.7. The van der Waals surface area contributed by atoms with Gasteiger partial charge in [0.15, 0.2) is 0 Å². The first-order valence-electron chi connectivity index (χ1n) is 7.17. The van der Waals surface area contributed by atoms with Crippen molar-refractivity contribution in [1.29, 1.82) is 0 Å². The average molecular weight is 264 g/mol. The highest BCUT2D eigenvalue weighted by atomic mass is 16.5. The third-order valence-electron chi connectivity index (χ3n) is 4.21. The van der Waals surface area contributed by atoms with Crippen molar-refractivity contribution in [3.05, 3.63) is 29.8 Å². The largest absolute Gasteiger partial charge is 0.497 e. The van der Waals surface area contributed by atoms with E-state index in [9.17, 15) is 10.2 Å². The number of methoxy groups -OCH3 is 1. The molecule has 3 heteroatoms. The summed E-state index contributed by atoms with van der Waals surface area (Å²) >= 11 is 0. The lowest BCUT2D eigenvalue weighted by Gasteiger charge is -2.36. The first-order valence-corrected chi connectivity index (χ1v) is 7.17. The quantitative estimate of drug-likeness (QED) is 0.859. The van der Waals surface area contributed by atoms with Gasteiger partial charge >= 0.3 is 0 Å². The van der Waals surface area contributed by atoms with Gasteiger partial charge in [0.25, 0.3) is 0 Å². The molecule has 1 atom stereocenters. The highest BCUT2D eigenvalue weighted by Crippen LogP contribution is 2.32. The second-order valence-electron chi connectivity index (χ2n) is 5.57. The van der Waals surface area contributed by atoms with E-state index in [-0.39, 0.29) is 0 Å². The molecule has 0 radical (unpaired) electrons. The van der Waals surface area contributed by atoms with Gasteiger partial charge in [-0.1, -0.05) is 31.4 Å². The monoisotopic (exact) mass is 264 g/mol. The van der Waals surface area contributed by atoms with Crippen molar-refractivity contribution in [2.75, 3.05) is 7.11 Å². The molecule has 0 bridgehead atoms. The lowest BCUT2D eigenvalue weighted by atomic mass is 9.79. The van der Waals surface area contributed by atoms with Crippen LogP contribution >= 0.6 is 0 Å². The summed E-state index contributed by atoms with van der Waals surface area (Å²) in [7, 11) is 1.65. The predicted octanol–water partition coefficient (Wildman–Crippen LogP) is 2.68. The third kappa shape index (κ3) is 3.71. The summed E-state index contributed by atoms with van der Waals surface area (Å²) in [6.07, 6.45) is 5.47. The SMILES string of the molecule is COc1ccc(CCC(O)C2(O)CCCCC2)cc1. The van der Waals surface area contributed by atoms with E-state index < -0.39 is 11.7 Å². The lowest BCUT2D eigenvalue weighted by molar-refractivity contribution is -0.0992. The second-order valence-corrected chi connectivity index (χ2v) is 5.57. The molecule has 3 nitrogen and oxygen atoms in total. The Bertz CT molecular complexity index is 379. The van der Waals surface area contributed by atoms with Crippen molar-refractivity contribution in [2.24, 2.45) is 0 Å². The summed E-state index contributed by atoms with van der Waals surface area (Å²) in [5.74, 6) is 0.843. The molecule has 1 fully saturated rings. The molecule has 1 unspecified atom stereocenters. The number of hydrogen-bond acceptors (Lipinski definition) is 3. The van der Waals surface area contributed by atoms with Crippen molar-refractivity contribution < 1.29 is 14.9 Å². The fraction of sp³-hybridized carbons (Fsp3) is 0.625. The van der Waals surface area contributed by atoms with Gasteiger partial charge in [0.1, 0.15) is 5.75 Å². The van der Waals surface area contributed by atoms with Gasteiger partial charge in [0, 0.05) is 0 Å². The molecular formula is C16H24O3. The highest BCUT2D eigenvalue weighted by Gasteiger charge is 2.36. The van der Waals surface area contributed by atoms with E-state index in [0.29, 0.717) is 6.42 Å². The Labute approximate surface area is 115 Å². The van der Waals surface area contributed by atoms with Crippen molar-refractivity contribution in [3.63, 3.8) is 0 Å². The standard InChI is InChI=1S/C16H24O3/c1-19-14-8-5-13(6-9-14)7-10-15(17)16(18)11-3-2-4-12-16/h5-6,8-9,15,17-18H,2-4,7,10-12H2,1H3. The molecule has 19 heavy (non-hydrogen) atoms. The van der Waals surface area contributed by atoms with Crippen LogP contribution in [-0.2, 0) is 6.42 Å². The fourth-order valence-corrected chi connectivity index (χ4v) is 2.86. The number of aliphatic hydroxyl groups excluding tert-OH is 1. The van der Waals surface area contributed by atoms with Gasteiger partial charge in [-0.3, -0.25) is 0 Å².